The van der Waals surface area contributed by atoms with Crippen LogP contribution in [0.2, 0.25) is 0 Å². The molecule has 1 aromatic heterocycles. The van der Waals surface area contributed by atoms with Gasteiger partial charge in [0, 0.05) is 29.4 Å². The molecule has 1 atom stereocenters. The van der Waals surface area contributed by atoms with Crippen molar-refractivity contribution in [3.63, 3.8) is 0 Å². The molecule has 0 saturated heterocycles. The van der Waals surface area contributed by atoms with Crippen LogP contribution in [0.4, 0.5) is 10.1 Å². The van der Waals surface area contributed by atoms with Crippen LogP contribution < -0.4 is 5.32 Å². The summed E-state index contributed by atoms with van der Waals surface area (Å²) >= 11 is 0. The monoisotopic (exact) mass is 262 g/mol. The van der Waals surface area contributed by atoms with Gasteiger partial charge in [-0.05, 0) is 31.9 Å². The summed E-state index contributed by atoms with van der Waals surface area (Å²) in [5.74, 6) is -0.306. The number of halogens is 1. The van der Waals surface area contributed by atoms with Crippen molar-refractivity contribution in [2.75, 3.05) is 11.9 Å². The van der Waals surface area contributed by atoms with Crippen molar-refractivity contribution in [3.8, 4) is 0 Å². The average molecular weight is 262 g/mol. The maximum absolute atomic E-state index is 13.8. The van der Waals surface area contributed by atoms with Crippen LogP contribution in [-0.4, -0.2) is 22.7 Å². The average Bonchev–Trinajstić information content (AvgIpc) is 2.39. The second-order valence-electron chi connectivity index (χ2n) is 4.71. The maximum atomic E-state index is 13.8. The number of anilines is 1. The van der Waals surface area contributed by atoms with E-state index in [0.29, 0.717) is 11.9 Å². The standard InChI is InChI=1S/C15H19FN2O/c1-3-11(7-8-19)18-14-9-10(2)17-15-12(14)5-4-6-13(15)16/h4-6,9,11,19H,3,7-8H2,1-2H3,(H,17,18). The van der Waals surface area contributed by atoms with E-state index < -0.39 is 0 Å². The summed E-state index contributed by atoms with van der Waals surface area (Å²) in [6.07, 6.45) is 1.58. The van der Waals surface area contributed by atoms with Crippen LogP contribution in [-0.2, 0) is 0 Å². The molecule has 1 heterocycles. The molecule has 2 rings (SSSR count). The summed E-state index contributed by atoms with van der Waals surface area (Å²) < 4.78 is 13.8. The van der Waals surface area contributed by atoms with Crippen LogP contribution >= 0.6 is 0 Å². The molecule has 102 valence electrons. The first kappa shape index (κ1) is 13.7. The smallest absolute Gasteiger partial charge is 0.149 e. The molecule has 0 spiro atoms. The van der Waals surface area contributed by atoms with Gasteiger partial charge in [0.15, 0.2) is 0 Å². The highest BCUT2D eigenvalue weighted by Crippen LogP contribution is 2.26. The highest BCUT2D eigenvalue weighted by Gasteiger charge is 2.11. The molecular formula is C15H19FN2O. The van der Waals surface area contributed by atoms with Gasteiger partial charge >= 0.3 is 0 Å². The molecule has 0 amide bonds. The van der Waals surface area contributed by atoms with Crippen LogP contribution in [0.25, 0.3) is 10.9 Å². The Balaban J connectivity index is 2.44. The topological polar surface area (TPSA) is 45.1 Å². The van der Waals surface area contributed by atoms with E-state index in [-0.39, 0.29) is 18.5 Å². The van der Waals surface area contributed by atoms with E-state index in [1.54, 1.807) is 6.07 Å². The van der Waals surface area contributed by atoms with Crippen molar-refractivity contribution in [2.24, 2.45) is 0 Å². The minimum Gasteiger partial charge on any atom is -0.396 e. The van der Waals surface area contributed by atoms with Gasteiger partial charge < -0.3 is 10.4 Å². The van der Waals surface area contributed by atoms with Gasteiger partial charge in [0.25, 0.3) is 0 Å². The zero-order valence-corrected chi connectivity index (χ0v) is 11.3. The highest BCUT2D eigenvalue weighted by molar-refractivity contribution is 5.91. The van der Waals surface area contributed by atoms with E-state index in [9.17, 15) is 4.39 Å². The van der Waals surface area contributed by atoms with Gasteiger partial charge in [-0.1, -0.05) is 19.1 Å². The van der Waals surface area contributed by atoms with Crippen LogP contribution in [0.15, 0.2) is 24.3 Å². The van der Waals surface area contributed by atoms with Crippen molar-refractivity contribution in [2.45, 2.75) is 32.7 Å². The Morgan fingerprint density at radius 3 is 2.89 bits per heavy atom. The third-order valence-corrected chi connectivity index (χ3v) is 3.25. The molecule has 19 heavy (non-hydrogen) atoms. The van der Waals surface area contributed by atoms with E-state index in [4.69, 9.17) is 5.11 Å². The van der Waals surface area contributed by atoms with Gasteiger partial charge in [0.05, 0.1) is 0 Å². The zero-order valence-electron chi connectivity index (χ0n) is 11.3. The Hall–Kier alpha value is -1.68. The molecule has 0 aliphatic heterocycles. The fourth-order valence-electron chi connectivity index (χ4n) is 2.22. The number of aromatic nitrogens is 1. The number of aryl methyl sites for hydroxylation is 1. The van der Waals surface area contributed by atoms with E-state index in [1.165, 1.54) is 6.07 Å². The summed E-state index contributed by atoms with van der Waals surface area (Å²) in [7, 11) is 0. The first-order chi connectivity index (χ1) is 9.15. The third-order valence-electron chi connectivity index (χ3n) is 3.25. The lowest BCUT2D eigenvalue weighted by Crippen LogP contribution is -2.20. The molecule has 2 N–H and O–H groups in total. The number of para-hydroxylation sites is 1. The van der Waals surface area contributed by atoms with Gasteiger partial charge in [0.1, 0.15) is 11.3 Å². The molecule has 0 aliphatic rings. The number of hydrogen-bond acceptors (Lipinski definition) is 3. The number of hydrogen-bond donors (Lipinski definition) is 2. The predicted octanol–water partition coefficient (Wildman–Crippen LogP) is 3.26. The number of rotatable bonds is 5. The maximum Gasteiger partial charge on any atom is 0.149 e. The molecule has 0 bridgehead atoms. The summed E-state index contributed by atoms with van der Waals surface area (Å²) in [4.78, 5) is 4.25. The normalized spacial score (nSPS) is 12.6. The Morgan fingerprint density at radius 2 is 2.21 bits per heavy atom. The lowest BCUT2D eigenvalue weighted by atomic mass is 10.1. The molecule has 0 aliphatic carbocycles. The van der Waals surface area contributed by atoms with E-state index in [2.05, 4.69) is 17.2 Å². The number of fused-ring (bicyclic) bond motifs is 1. The van der Waals surface area contributed by atoms with Gasteiger partial charge in [0.2, 0.25) is 0 Å². The van der Waals surface area contributed by atoms with Gasteiger partial charge in [-0.25, -0.2) is 9.37 Å². The summed E-state index contributed by atoms with van der Waals surface area (Å²) in [5.41, 5.74) is 2.05. The lowest BCUT2D eigenvalue weighted by molar-refractivity contribution is 0.278. The molecule has 1 unspecified atom stereocenters. The van der Waals surface area contributed by atoms with Gasteiger partial charge in [-0.15, -0.1) is 0 Å². The van der Waals surface area contributed by atoms with Crippen LogP contribution in [0.1, 0.15) is 25.5 Å². The first-order valence-corrected chi connectivity index (χ1v) is 6.59. The van der Waals surface area contributed by atoms with E-state index >= 15 is 0 Å². The van der Waals surface area contributed by atoms with Crippen molar-refractivity contribution < 1.29 is 9.50 Å². The SMILES string of the molecule is CCC(CCO)Nc1cc(C)nc2c(F)cccc12. The second-order valence-corrected chi connectivity index (χ2v) is 4.71. The van der Waals surface area contributed by atoms with Crippen molar-refractivity contribution in [1.82, 2.24) is 4.98 Å². The number of nitrogens with zero attached hydrogens (tertiary/aromatic N) is 1. The number of aliphatic hydroxyl groups is 1. The summed E-state index contributed by atoms with van der Waals surface area (Å²) in [6.45, 7) is 4.05. The number of pyridine rings is 1. The van der Waals surface area contributed by atoms with E-state index in [1.807, 2.05) is 19.1 Å². The molecule has 0 fully saturated rings. The molecule has 0 saturated carbocycles. The number of benzene rings is 1. The van der Waals surface area contributed by atoms with Crippen LogP contribution in [0.5, 0.6) is 0 Å². The number of nitrogens with one attached hydrogen (secondary N) is 1. The van der Waals surface area contributed by atoms with Crippen LogP contribution in [0.3, 0.4) is 0 Å². The summed E-state index contributed by atoms with van der Waals surface area (Å²) in [6, 6.07) is 7.06. The molecule has 4 heteroatoms. The minimum atomic E-state index is -0.306. The molecule has 3 nitrogen and oxygen atoms in total. The largest absolute Gasteiger partial charge is 0.396 e. The van der Waals surface area contributed by atoms with Crippen LogP contribution in [0, 0.1) is 12.7 Å². The Kier molecular flexibility index (Phi) is 4.32. The quantitative estimate of drug-likeness (QED) is 0.869. The Labute approximate surface area is 112 Å². The number of aliphatic hydroxyl groups excluding tert-OH is 1. The Morgan fingerprint density at radius 1 is 1.42 bits per heavy atom. The second kappa shape index (κ2) is 5.97. The van der Waals surface area contributed by atoms with Crippen molar-refractivity contribution in [1.29, 1.82) is 0 Å². The highest BCUT2D eigenvalue weighted by atomic mass is 19.1. The van der Waals surface area contributed by atoms with E-state index in [0.717, 1.165) is 23.2 Å². The first-order valence-electron chi connectivity index (χ1n) is 6.59. The zero-order chi connectivity index (χ0) is 13.8. The van der Waals surface area contributed by atoms with Crippen molar-refractivity contribution in [3.05, 3.63) is 35.8 Å². The molecule has 1 aromatic carbocycles. The fourth-order valence-corrected chi connectivity index (χ4v) is 2.22. The van der Waals surface area contributed by atoms with Gasteiger partial charge in [-0.2, -0.15) is 0 Å². The Bertz CT molecular complexity index is 571. The third kappa shape index (κ3) is 3.01. The molecule has 2 aromatic rings. The van der Waals surface area contributed by atoms with Crippen molar-refractivity contribution >= 4 is 16.6 Å². The molecule has 0 radical (unpaired) electrons. The fraction of sp³-hybridized carbons (Fsp3) is 0.400. The van der Waals surface area contributed by atoms with Gasteiger partial charge in [-0.3, -0.25) is 0 Å². The minimum absolute atomic E-state index is 0.141. The predicted molar refractivity (Wildman–Crippen MR) is 75.8 cm³/mol. The molecular weight excluding hydrogens is 243 g/mol. The summed E-state index contributed by atoms with van der Waals surface area (Å²) in [5, 5.41) is 13.2. The lowest BCUT2D eigenvalue weighted by Gasteiger charge is -2.19.